The van der Waals surface area contributed by atoms with Gasteiger partial charge in [-0.15, -0.1) is 0 Å². The molecule has 1 heterocycles. The van der Waals surface area contributed by atoms with Gasteiger partial charge in [0.1, 0.15) is 0 Å². The van der Waals surface area contributed by atoms with Crippen molar-refractivity contribution in [1.82, 2.24) is 0 Å². The van der Waals surface area contributed by atoms with Crippen molar-refractivity contribution in [1.29, 1.82) is 0 Å². The average Bonchev–Trinajstić information content (AvgIpc) is 2.96. The molecule has 2 aromatic rings. The van der Waals surface area contributed by atoms with Gasteiger partial charge in [0.15, 0.2) is 11.5 Å². The van der Waals surface area contributed by atoms with E-state index in [4.69, 9.17) is 14.6 Å². The number of ether oxygens (including phenoxy) is 2. The second kappa shape index (κ2) is 8.58. The molecule has 0 aliphatic carbocycles. The Labute approximate surface area is 183 Å². The molecule has 0 aromatic heterocycles. The van der Waals surface area contributed by atoms with Crippen LogP contribution < -0.4 is 19.6 Å². The number of carbonyl (C=O) groups excluding carboxylic acids is 1. The van der Waals surface area contributed by atoms with E-state index in [0.717, 1.165) is 5.56 Å². The highest BCUT2D eigenvalue weighted by molar-refractivity contribution is 9.10. The van der Waals surface area contributed by atoms with Gasteiger partial charge >= 0.3 is 0 Å². The van der Waals surface area contributed by atoms with Gasteiger partial charge < -0.3 is 9.47 Å². The zero-order valence-electron chi connectivity index (χ0n) is 16.5. The number of primary sulfonamides is 1. The Morgan fingerprint density at radius 2 is 1.90 bits per heavy atom. The van der Waals surface area contributed by atoms with E-state index >= 15 is 0 Å². The molecule has 0 atom stereocenters. The number of methoxy groups -OCH3 is 1. The summed E-state index contributed by atoms with van der Waals surface area (Å²) >= 11 is 3.46. The number of hydrazone groups is 1. The second-order valence-corrected chi connectivity index (χ2v) is 8.78. The molecule has 2 aromatic carbocycles. The van der Waals surface area contributed by atoms with Crippen LogP contribution in [0.5, 0.6) is 11.5 Å². The topological polar surface area (TPSA) is 111 Å². The molecule has 158 valence electrons. The summed E-state index contributed by atoms with van der Waals surface area (Å²) in [6.45, 7) is 4.06. The molecular weight excluding hydrogens is 474 g/mol. The van der Waals surface area contributed by atoms with Crippen LogP contribution in [0.25, 0.3) is 6.08 Å². The summed E-state index contributed by atoms with van der Waals surface area (Å²) in [6, 6.07) is 9.23. The largest absolute Gasteiger partial charge is 0.492 e. The minimum Gasteiger partial charge on any atom is -0.492 e. The Balaban J connectivity index is 1.95. The maximum atomic E-state index is 13.0. The Morgan fingerprint density at radius 1 is 1.23 bits per heavy atom. The van der Waals surface area contributed by atoms with Crippen molar-refractivity contribution < 1.29 is 22.7 Å². The number of hydrogen-bond donors (Lipinski definition) is 1. The fourth-order valence-corrected chi connectivity index (χ4v) is 4.07. The SMILES string of the molecule is CCOc1cc(/C=C2\C(=O)N(c3ccc(S(N)(=O)=O)cc3)N=C2C)cc(Br)c1OC. The molecule has 0 unspecified atom stereocenters. The number of carbonyl (C=O) groups is 1. The van der Waals surface area contributed by atoms with Gasteiger partial charge in [0.05, 0.1) is 40.1 Å². The summed E-state index contributed by atoms with van der Waals surface area (Å²) < 4.78 is 34.5. The van der Waals surface area contributed by atoms with Gasteiger partial charge in [-0.05, 0) is 77.8 Å². The summed E-state index contributed by atoms with van der Waals surface area (Å²) in [5, 5.41) is 10.6. The van der Waals surface area contributed by atoms with Gasteiger partial charge in [0, 0.05) is 0 Å². The summed E-state index contributed by atoms with van der Waals surface area (Å²) in [6.07, 6.45) is 1.71. The molecule has 0 spiro atoms. The smallest absolute Gasteiger partial charge is 0.280 e. The van der Waals surface area contributed by atoms with E-state index in [0.29, 0.717) is 39.6 Å². The van der Waals surface area contributed by atoms with Crippen molar-refractivity contribution in [3.63, 3.8) is 0 Å². The van der Waals surface area contributed by atoms with Gasteiger partial charge in [-0.25, -0.2) is 13.6 Å². The predicted molar refractivity (Wildman–Crippen MR) is 118 cm³/mol. The predicted octanol–water partition coefficient (Wildman–Crippen LogP) is 3.31. The molecule has 8 nitrogen and oxygen atoms in total. The number of nitrogens with two attached hydrogens (primary N) is 1. The van der Waals surface area contributed by atoms with Crippen molar-refractivity contribution in [3.05, 3.63) is 52.0 Å². The van der Waals surface area contributed by atoms with E-state index in [1.165, 1.54) is 29.3 Å². The molecule has 0 bridgehead atoms. The summed E-state index contributed by atoms with van der Waals surface area (Å²) in [7, 11) is -2.26. The quantitative estimate of drug-likeness (QED) is 0.620. The van der Waals surface area contributed by atoms with Crippen molar-refractivity contribution >= 4 is 49.3 Å². The van der Waals surface area contributed by atoms with Crippen LogP contribution in [0.2, 0.25) is 0 Å². The third-order valence-corrected chi connectivity index (χ3v) is 5.84. The number of benzene rings is 2. The maximum absolute atomic E-state index is 13.0. The number of sulfonamides is 1. The van der Waals surface area contributed by atoms with E-state index in [-0.39, 0.29) is 10.8 Å². The lowest BCUT2D eigenvalue weighted by Gasteiger charge is -2.13. The maximum Gasteiger partial charge on any atom is 0.280 e. The van der Waals surface area contributed by atoms with E-state index in [9.17, 15) is 13.2 Å². The third-order valence-electron chi connectivity index (χ3n) is 4.32. The summed E-state index contributed by atoms with van der Waals surface area (Å²) in [5.74, 6) is 0.788. The first-order valence-electron chi connectivity index (χ1n) is 8.90. The highest BCUT2D eigenvalue weighted by Gasteiger charge is 2.29. The highest BCUT2D eigenvalue weighted by atomic mass is 79.9. The third kappa shape index (κ3) is 4.40. The zero-order chi connectivity index (χ0) is 22.1. The molecule has 0 saturated heterocycles. The molecule has 0 fully saturated rings. The Hall–Kier alpha value is -2.69. The minimum absolute atomic E-state index is 0.0408. The lowest BCUT2D eigenvalue weighted by atomic mass is 10.1. The Kier molecular flexibility index (Phi) is 6.30. The molecule has 3 rings (SSSR count). The fraction of sp³-hybridized carbons (Fsp3) is 0.200. The van der Waals surface area contributed by atoms with Crippen LogP contribution in [-0.2, 0) is 14.8 Å². The van der Waals surface area contributed by atoms with Gasteiger partial charge in [-0.3, -0.25) is 4.79 Å². The number of halogens is 1. The van der Waals surface area contributed by atoms with Crippen LogP contribution in [0.3, 0.4) is 0 Å². The number of amides is 1. The molecule has 1 aliphatic rings. The van der Waals surface area contributed by atoms with Crippen LogP contribution in [-0.4, -0.2) is 33.8 Å². The van der Waals surface area contributed by atoms with E-state index < -0.39 is 10.0 Å². The van der Waals surface area contributed by atoms with Gasteiger partial charge in [-0.2, -0.15) is 10.1 Å². The number of nitrogens with zero attached hydrogens (tertiary/aromatic N) is 2. The molecule has 0 radical (unpaired) electrons. The van der Waals surface area contributed by atoms with E-state index in [1.807, 2.05) is 13.0 Å². The van der Waals surface area contributed by atoms with Crippen LogP contribution in [0.1, 0.15) is 19.4 Å². The number of rotatable bonds is 6. The van der Waals surface area contributed by atoms with Crippen molar-refractivity contribution in [2.24, 2.45) is 10.2 Å². The fourth-order valence-electron chi connectivity index (χ4n) is 2.94. The highest BCUT2D eigenvalue weighted by Crippen LogP contribution is 2.37. The average molecular weight is 494 g/mol. The lowest BCUT2D eigenvalue weighted by Crippen LogP contribution is -2.21. The van der Waals surface area contributed by atoms with Crippen LogP contribution >= 0.6 is 15.9 Å². The van der Waals surface area contributed by atoms with Crippen molar-refractivity contribution in [2.75, 3.05) is 18.7 Å². The van der Waals surface area contributed by atoms with E-state index in [1.54, 1.807) is 26.2 Å². The van der Waals surface area contributed by atoms with Gasteiger partial charge in [0.2, 0.25) is 10.0 Å². The van der Waals surface area contributed by atoms with Gasteiger partial charge in [0.25, 0.3) is 5.91 Å². The first kappa shape index (κ1) is 22.0. The van der Waals surface area contributed by atoms with Crippen LogP contribution in [0.15, 0.2) is 56.4 Å². The second-order valence-electron chi connectivity index (χ2n) is 6.37. The van der Waals surface area contributed by atoms with Crippen LogP contribution in [0, 0.1) is 0 Å². The van der Waals surface area contributed by atoms with Gasteiger partial charge in [-0.1, -0.05) is 0 Å². The number of hydrogen-bond acceptors (Lipinski definition) is 6. The van der Waals surface area contributed by atoms with Crippen LogP contribution in [0.4, 0.5) is 5.69 Å². The first-order chi connectivity index (χ1) is 14.2. The Bertz CT molecular complexity index is 1160. The number of anilines is 1. The molecule has 10 heteroatoms. The zero-order valence-corrected chi connectivity index (χ0v) is 19.0. The standard InChI is InChI=1S/C20H20BrN3O5S/c1-4-29-18-11-13(10-17(21)19(18)28-3)9-16-12(2)23-24(20(16)25)14-5-7-15(8-6-14)30(22,26)27/h5-11H,4H2,1-3H3,(H2,22,26,27)/b16-9-. The minimum atomic E-state index is -3.81. The van der Waals surface area contributed by atoms with E-state index in [2.05, 4.69) is 21.0 Å². The molecule has 2 N–H and O–H groups in total. The van der Waals surface area contributed by atoms with Crippen molar-refractivity contribution in [3.8, 4) is 11.5 Å². The molecule has 0 saturated carbocycles. The summed E-state index contributed by atoms with van der Waals surface area (Å²) in [4.78, 5) is 12.9. The summed E-state index contributed by atoms with van der Waals surface area (Å²) in [5.41, 5.74) is 2.10. The molecule has 1 aliphatic heterocycles. The normalized spacial score (nSPS) is 15.5. The molecule has 30 heavy (non-hydrogen) atoms. The molecule has 1 amide bonds. The Morgan fingerprint density at radius 3 is 2.47 bits per heavy atom. The first-order valence-corrected chi connectivity index (χ1v) is 11.2. The monoisotopic (exact) mass is 493 g/mol. The lowest BCUT2D eigenvalue weighted by molar-refractivity contribution is -0.114. The molecular formula is C20H20BrN3O5S. The van der Waals surface area contributed by atoms with Crippen molar-refractivity contribution in [2.45, 2.75) is 18.7 Å².